The van der Waals surface area contributed by atoms with E-state index in [0.29, 0.717) is 12.1 Å². The van der Waals surface area contributed by atoms with Crippen molar-refractivity contribution in [3.8, 4) is 6.07 Å². The maximum atomic E-state index is 13.0. The Kier molecular flexibility index (Phi) is 3.64. The second-order valence-corrected chi connectivity index (χ2v) is 5.57. The Hall–Kier alpha value is -2.67. The highest BCUT2D eigenvalue weighted by Crippen LogP contribution is 2.49. The zero-order valence-corrected chi connectivity index (χ0v) is 12.0. The van der Waals surface area contributed by atoms with Gasteiger partial charge in [0.05, 0.1) is 17.9 Å². The second kappa shape index (κ2) is 5.61. The minimum Gasteiger partial charge on any atom is -0.325 e. The number of anilines is 1. The Morgan fingerprint density at radius 2 is 1.77 bits per heavy atom. The fraction of sp³-hybridized carbons (Fsp3) is 0.222. The molecule has 3 nitrogen and oxygen atoms in total. The van der Waals surface area contributed by atoms with E-state index in [1.54, 1.807) is 24.3 Å². The number of amides is 1. The van der Waals surface area contributed by atoms with E-state index < -0.39 is 5.41 Å². The molecule has 3 rings (SSSR count). The van der Waals surface area contributed by atoms with Crippen LogP contribution >= 0.6 is 0 Å². The maximum absolute atomic E-state index is 13.0. The fourth-order valence-electron chi connectivity index (χ4n) is 2.59. The van der Waals surface area contributed by atoms with Gasteiger partial charge in [-0.1, -0.05) is 24.3 Å². The first-order chi connectivity index (χ1) is 10.6. The van der Waals surface area contributed by atoms with Crippen LogP contribution in [0.15, 0.2) is 48.5 Å². The van der Waals surface area contributed by atoms with E-state index in [1.165, 1.54) is 12.1 Å². The van der Waals surface area contributed by atoms with Gasteiger partial charge in [0, 0.05) is 5.69 Å². The highest BCUT2D eigenvalue weighted by molar-refractivity contribution is 6.01. The molecule has 2 aromatic carbocycles. The van der Waals surface area contributed by atoms with Crippen LogP contribution in [0.2, 0.25) is 0 Å². The topological polar surface area (TPSA) is 52.9 Å². The van der Waals surface area contributed by atoms with Crippen LogP contribution in [0.3, 0.4) is 0 Å². The van der Waals surface area contributed by atoms with Gasteiger partial charge in [0.2, 0.25) is 5.91 Å². The number of hydrogen-bond acceptors (Lipinski definition) is 2. The van der Waals surface area contributed by atoms with Crippen LogP contribution in [0.5, 0.6) is 0 Å². The van der Waals surface area contributed by atoms with E-state index in [4.69, 9.17) is 5.26 Å². The molecule has 0 unspecified atom stereocenters. The summed E-state index contributed by atoms with van der Waals surface area (Å²) < 4.78 is 13.0. The van der Waals surface area contributed by atoms with E-state index in [2.05, 4.69) is 11.4 Å². The molecular formula is C18H15FN2O. The van der Waals surface area contributed by atoms with Crippen molar-refractivity contribution < 1.29 is 9.18 Å². The molecule has 1 amide bonds. The van der Waals surface area contributed by atoms with Gasteiger partial charge in [-0.15, -0.1) is 0 Å². The summed E-state index contributed by atoms with van der Waals surface area (Å²) in [5.74, 6) is -0.361. The number of hydrogen-bond donors (Lipinski definition) is 1. The standard InChI is InChI=1S/C18H15FN2O/c19-15-5-3-14(4-6-15)18(10-11-18)17(22)21-16-7-1-13(2-8-16)9-12-20/h1-8H,9-11H2,(H,21,22). The molecule has 1 aliphatic rings. The van der Waals surface area contributed by atoms with Crippen LogP contribution < -0.4 is 5.32 Å². The summed E-state index contributed by atoms with van der Waals surface area (Å²) in [7, 11) is 0. The van der Waals surface area contributed by atoms with E-state index in [-0.39, 0.29) is 11.7 Å². The lowest BCUT2D eigenvalue weighted by atomic mass is 9.95. The van der Waals surface area contributed by atoms with E-state index in [1.807, 2.05) is 12.1 Å². The van der Waals surface area contributed by atoms with Crippen LogP contribution in [0, 0.1) is 17.1 Å². The summed E-state index contributed by atoms with van der Waals surface area (Å²) in [5.41, 5.74) is 1.95. The smallest absolute Gasteiger partial charge is 0.235 e. The molecule has 0 atom stereocenters. The lowest BCUT2D eigenvalue weighted by Gasteiger charge is -2.16. The first kappa shape index (κ1) is 14.3. The molecule has 0 radical (unpaired) electrons. The molecule has 110 valence electrons. The molecular weight excluding hydrogens is 279 g/mol. The van der Waals surface area contributed by atoms with Crippen LogP contribution in [0.25, 0.3) is 0 Å². The molecule has 0 heterocycles. The Labute approximate surface area is 128 Å². The predicted octanol–water partition coefficient (Wildman–Crippen LogP) is 3.56. The first-order valence-corrected chi connectivity index (χ1v) is 7.17. The summed E-state index contributed by atoms with van der Waals surface area (Å²) in [5, 5.41) is 11.6. The quantitative estimate of drug-likeness (QED) is 0.937. The van der Waals surface area contributed by atoms with Crippen LogP contribution in [-0.2, 0) is 16.6 Å². The van der Waals surface area contributed by atoms with E-state index in [9.17, 15) is 9.18 Å². The summed E-state index contributed by atoms with van der Waals surface area (Å²) in [6.45, 7) is 0. The van der Waals surface area contributed by atoms with Gasteiger partial charge in [-0.3, -0.25) is 4.79 Å². The second-order valence-electron chi connectivity index (χ2n) is 5.57. The van der Waals surface area contributed by atoms with Gasteiger partial charge in [0.1, 0.15) is 5.82 Å². The van der Waals surface area contributed by atoms with Gasteiger partial charge in [-0.25, -0.2) is 4.39 Å². The number of nitrogens with zero attached hydrogens (tertiary/aromatic N) is 1. The van der Waals surface area contributed by atoms with Crippen molar-refractivity contribution in [2.75, 3.05) is 5.32 Å². The third-order valence-corrected chi connectivity index (χ3v) is 4.08. The molecule has 1 fully saturated rings. The van der Waals surface area contributed by atoms with Crippen molar-refractivity contribution in [1.82, 2.24) is 0 Å². The minimum absolute atomic E-state index is 0.0628. The third-order valence-electron chi connectivity index (χ3n) is 4.08. The summed E-state index contributed by atoms with van der Waals surface area (Å²) in [4.78, 5) is 12.5. The first-order valence-electron chi connectivity index (χ1n) is 7.17. The van der Waals surface area contributed by atoms with Crippen molar-refractivity contribution in [3.05, 3.63) is 65.5 Å². The molecule has 0 aromatic heterocycles. The van der Waals surface area contributed by atoms with Gasteiger partial charge >= 0.3 is 0 Å². The Bertz CT molecular complexity index is 725. The van der Waals surface area contributed by atoms with Crippen molar-refractivity contribution in [2.45, 2.75) is 24.7 Å². The number of rotatable bonds is 4. The van der Waals surface area contributed by atoms with Gasteiger partial charge in [0.25, 0.3) is 0 Å². The van der Waals surface area contributed by atoms with Gasteiger partial charge in [-0.05, 0) is 48.2 Å². The minimum atomic E-state index is -0.529. The number of carbonyl (C=O) groups excluding carboxylic acids is 1. The van der Waals surface area contributed by atoms with Gasteiger partial charge in [0.15, 0.2) is 0 Å². The highest BCUT2D eigenvalue weighted by atomic mass is 19.1. The number of carbonyl (C=O) groups is 1. The molecule has 0 saturated heterocycles. The molecule has 22 heavy (non-hydrogen) atoms. The fourth-order valence-corrected chi connectivity index (χ4v) is 2.59. The zero-order chi connectivity index (χ0) is 15.6. The van der Waals surface area contributed by atoms with Gasteiger partial charge in [-0.2, -0.15) is 5.26 Å². The molecule has 1 saturated carbocycles. The van der Waals surface area contributed by atoms with Crippen molar-refractivity contribution in [2.24, 2.45) is 0 Å². The van der Waals surface area contributed by atoms with Gasteiger partial charge < -0.3 is 5.32 Å². The monoisotopic (exact) mass is 294 g/mol. The summed E-state index contributed by atoms with van der Waals surface area (Å²) in [6, 6.07) is 15.5. The lowest BCUT2D eigenvalue weighted by molar-refractivity contribution is -0.118. The van der Waals surface area contributed by atoms with Crippen molar-refractivity contribution in [3.63, 3.8) is 0 Å². The van der Waals surface area contributed by atoms with Crippen LogP contribution in [0.4, 0.5) is 10.1 Å². The van der Waals surface area contributed by atoms with E-state index >= 15 is 0 Å². The van der Waals surface area contributed by atoms with Crippen LogP contribution in [-0.4, -0.2) is 5.91 Å². The van der Waals surface area contributed by atoms with E-state index in [0.717, 1.165) is 24.0 Å². The average Bonchev–Trinajstić information content (AvgIpc) is 3.32. The third kappa shape index (κ3) is 2.71. The molecule has 2 aromatic rings. The number of nitriles is 1. The predicted molar refractivity (Wildman–Crippen MR) is 81.7 cm³/mol. The number of nitrogens with one attached hydrogen (secondary N) is 1. The molecule has 1 aliphatic carbocycles. The largest absolute Gasteiger partial charge is 0.325 e. The summed E-state index contributed by atoms with van der Waals surface area (Å²) >= 11 is 0. The molecule has 1 N–H and O–H groups in total. The Morgan fingerprint density at radius 3 is 2.32 bits per heavy atom. The van der Waals surface area contributed by atoms with Crippen LogP contribution in [0.1, 0.15) is 24.0 Å². The number of benzene rings is 2. The Balaban J connectivity index is 1.74. The normalized spacial score (nSPS) is 14.9. The average molecular weight is 294 g/mol. The maximum Gasteiger partial charge on any atom is 0.235 e. The SMILES string of the molecule is N#CCc1ccc(NC(=O)C2(c3ccc(F)cc3)CC2)cc1. The molecule has 0 aliphatic heterocycles. The van der Waals surface area contributed by atoms with Crippen molar-refractivity contribution in [1.29, 1.82) is 5.26 Å². The highest BCUT2D eigenvalue weighted by Gasteiger charge is 2.51. The number of halogens is 1. The lowest BCUT2D eigenvalue weighted by Crippen LogP contribution is -2.27. The Morgan fingerprint density at radius 1 is 1.14 bits per heavy atom. The molecule has 0 spiro atoms. The molecule has 4 heteroatoms. The zero-order valence-electron chi connectivity index (χ0n) is 12.0. The van der Waals surface area contributed by atoms with Crippen molar-refractivity contribution >= 4 is 11.6 Å². The summed E-state index contributed by atoms with van der Waals surface area (Å²) in [6.07, 6.45) is 1.90. The molecule has 0 bridgehead atoms.